The van der Waals surface area contributed by atoms with Crippen LogP contribution in [-0.4, -0.2) is 22.4 Å². The van der Waals surface area contributed by atoms with Gasteiger partial charge in [0.2, 0.25) is 0 Å². The Hall–Kier alpha value is -1.73. The summed E-state index contributed by atoms with van der Waals surface area (Å²) in [4.78, 5) is 21.4. The van der Waals surface area contributed by atoms with E-state index in [0.29, 0.717) is 27.6 Å². The van der Waals surface area contributed by atoms with Crippen LogP contribution in [0.1, 0.15) is 38.9 Å². The summed E-state index contributed by atoms with van der Waals surface area (Å²) >= 11 is 5.02. The van der Waals surface area contributed by atoms with Crippen LogP contribution in [-0.2, 0) is 19.3 Å². The highest BCUT2D eigenvalue weighted by Gasteiger charge is 2.16. The van der Waals surface area contributed by atoms with E-state index in [0.717, 1.165) is 24.3 Å². The van der Waals surface area contributed by atoms with E-state index in [9.17, 15) is 9.18 Å². The zero-order chi connectivity index (χ0) is 17.4. The smallest absolute Gasteiger partial charge is 0.267 e. The van der Waals surface area contributed by atoms with Gasteiger partial charge in [0.1, 0.15) is 11.5 Å². The Bertz CT molecular complexity index is 926. The minimum absolute atomic E-state index is 0.229. The van der Waals surface area contributed by atoms with Crippen molar-refractivity contribution in [3.8, 4) is 0 Å². The third-order valence-corrected chi connectivity index (χ3v) is 6.09. The quantitative estimate of drug-likeness (QED) is 0.656. The first-order valence-electron chi connectivity index (χ1n) is 8.33. The monoisotopic (exact) mass is 421 g/mol. The van der Waals surface area contributed by atoms with Crippen molar-refractivity contribution >= 4 is 44.1 Å². The standard InChI is InChI=1S/C18H17BrFN3OS/c19-10-7-12(20)11-9-15(22-14(11)8-10)18(24)21-6-5-17-23-13-3-1-2-4-16(13)25-17/h7-9,22H,1-6H2,(H,21,24). The summed E-state index contributed by atoms with van der Waals surface area (Å²) in [5, 5.41) is 4.38. The maximum atomic E-state index is 13.9. The first kappa shape index (κ1) is 16.7. The molecule has 7 heteroatoms. The van der Waals surface area contributed by atoms with Crippen LogP contribution in [0, 0.1) is 5.82 Å². The number of hydrogen-bond acceptors (Lipinski definition) is 3. The molecule has 4 rings (SSSR count). The van der Waals surface area contributed by atoms with Gasteiger partial charge in [-0.05, 0) is 43.9 Å². The highest BCUT2D eigenvalue weighted by Crippen LogP contribution is 2.27. The number of nitrogens with zero attached hydrogens (tertiary/aromatic N) is 1. The molecule has 1 aromatic carbocycles. The molecule has 0 radical (unpaired) electrons. The van der Waals surface area contributed by atoms with Crippen LogP contribution in [0.2, 0.25) is 0 Å². The summed E-state index contributed by atoms with van der Waals surface area (Å²) in [6, 6.07) is 4.70. The number of halogens is 2. The normalized spacial score (nSPS) is 13.8. The molecular formula is C18H17BrFN3OS. The molecule has 0 aliphatic heterocycles. The van der Waals surface area contributed by atoms with Crippen molar-refractivity contribution in [3.05, 3.63) is 49.8 Å². The van der Waals surface area contributed by atoms with E-state index in [-0.39, 0.29) is 11.7 Å². The van der Waals surface area contributed by atoms with Crippen LogP contribution >= 0.6 is 27.3 Å². The predicted molar refractivity (Wildman–Crippen MR) is 101 cm³/mol. The van der Waals surface area contributed by atoms with Gasteiger partial charge in [-0.25, -0.2) is 9.37 Å². The Labute approximate surface area is 157 Å². The average Bonchev–Trinajstić information content (AvgIpc) is 3.18. The number of hydrogen-bond donors (Lipinski definition) is 2. The minimum atomic E-state index is -0.354. The number of aryl methyl sites for hydroxylation is 2. The molecule has 0 saturated carbocycles. The lowest BCUT2D eigenvalue weighted by Gasteiger charge is -2.06. The van der Waals surface area contributed by atoms with Crippen molar-refractivity contribution in [2.45, 2.75) is 32.1 Å². The Balaban J connectivity index is 1.40. The first-order valence-corrected chi connectivity index (χ1v) is 9.94. The molecule has 0 bridgehead atoms. The molecule has 1 amide bonds. The number of benzene rings is 1. The molecule has 0 atom stereocenters. The lowest BCUT2D eigenvalue weighted by atomic mass is 10.0. The van der Waals surface area contributed by atoms with Crippen molar-refractivity contribution in [2.75, 3.05) is 6.54 Å². The number of nitrogens with one attached hydrogen (secondary N) is 2. The number of rotatable bonds is 4. The van der Waals surface area contributed by atoms with Gasteiger partial charge >= 0.3 is 0 Å². The van der Waals surface area contributed by atoms with Gasteiger partial charge in [-0.2, -0.15) is 0 Å². The van der Waals surface area contributed by atoms with Gasteiger partial charge in [-0.3, -0.25) is 4.79 Å². The van der Waals surface area contributed by atoms with Crippen LogP contribution in [0.25, 0.3) is 10.9 Å². The molecular weight excluding hydrogens is 405 g/mol. The third kappa shape index (κ3) is 3.48. The maximum Gasteiger partial charge on any atom is 0.267 e. The summed E-state index contributed by atoms with van der Waals surface area (Å²) in [7, 11) is 0. The number of aromatic nitrogens is 2. The molecule has 2 N–H and O–H groups in total. The Morgan fingerprint density at radius 1 is 1.32 bits per heavy atom. The average molecular weight is 422 g/mol. The van der Waals surface area contributed by atoms with Crippen molar-refractivity contribution in [1.82, 2.24) is 15.3 Å². The van der Waals surface area contributed by atoms with Crippen molar-refractivity contribution in [2.24, 2.45) is 0 Å². The van der Waals surface area contributed by atoms with Gasteiger partial charge in [-0.1, -0.05) is 15.9 Å². The van der Waals surface area contributed by atoms with E-state index in [1.165, 1.54) is 29.5 Å². The van der Waals surface area contributed by atoms with Crippen LogP contribution in [0.15, 0.2) is 22.7 Å². The van der Waals surface area contributed by atoms with Crippen LogP contribution in [0.3, 0.4) is 0 Å². The fourth-order valence-electron chi connectivity index (χ4n) is 3.17. The molecule has 130 valence electrons. The molecule has 4 nitrogen and oxygen atoms in total. The zero-order valence-corrected chi connectivity index (χ0v) is 15.9. The Kier molecular flexibility index (Phi) is 4.60. The van der Waals surface area contributed by atoms with Gasteiger partial charge < -0.3 is 10.3 Å². The van der Waals surface area contributed by atoms with Crippen LogP contribution in [0.5, 0.6) is 0 Å². The number of carbonyl (C=O) groups excluding carboxylic acids is 1. The largest absolute Gasteiger partial charge is 0.350 e. The van der Waals surface area contributed by atoms with E-state index in [1.54, 1.807) is 23.5 Å². The van der Waals surface area contributed by atoms with Gasteiger partial charge in [0.25, 0.3) is 5.91 Å². The number of amides is 1. The molecule has 1 aliphatic carbocycles. The molecule has 1 aliphatic rings. The predicted octanol–water partition coefficient (Wildman–Crippen LogP) is 4.38. The second-order valence-corrected chi connectivity index (χ2v) is 8.31. The van der Waals surface area contributed by atoms with Gasteiger partial charge in [-0.15, -0.1) is 11.3 Å². The summed E-state index contributed by atoms with van der Waals surface area (Å²) in [6.45, 7) is 0.521. The lowest BCUT2D eigenvalue weighted by Crippen LogP contribution is -2.25. The summed E-state index contributed by atoms with van der Waals surface area (Å²) in [5.41, 5.74) is 2.21. The van der Waals surface area contributed by atoms with E-state index in [4.69, 9.17) is 0 Å². The first-order chi connectivity index (χ1) is 12.1. The highest BCUT2D eigenvalue weighted by atomic mass is 79.9. The van der Waals surface area contributed by atoms with Crippen molar-refractivity contribution < 1.29 is 9.18 Å². The number of fused-ring (bicyclic) bond motifs is 2. The molecule has 0 fully saturated rings. The van der Waals surface area contributed by atoms with Crippen molar-refractivity contribution in [3.63, 3.8) is 0 Å². The van der Waals surface area contributed by atoms with E-state index in [1.807, 2.05) is 0 Å². The molecule has 0 unspecified atom stereocenters. The Morgan fingerprint density at radius 2 is 2.16 bits per heavy atom. The molecule has 3 aromatic rings. The van der Waals surface area contributed by atoms with Crippen LogP contribution in [0.4, 0.5) is 4.39 Å². The zero-order valence-electron chi connectivity index (χ0n) is 13.5. The second-order valence-electron chi connectivity index (χ2n) is 6.22. The maximum absolute atomic E-state index is 13.9. The number of thiazole rings is 1. The van der Waals surface area contributed by atoms with E-state index < -0.39 is 0 Å². The van der Waals surface area contributed by atoms with E-state index >= 15 is 0 Å². The lowest BCUT2D eigenvalue weighted by molar-refractivity contribution is 0.0950. The van der Waals surface area contributed by atoms with Gasteiger partial charge in [0.05, 0.1) is 16.2 Å². The van der Waals surface area contributed by atoms with Crippen LogP contribution < -0.4 is 5.32 Å². The molecule has 0 saturated heterocycles. The molecule has 25 heavy (non-hydrogen) atoms. The summed E-state index contributed by atoms with van der Waals surface area (Å²) < 4.78 is 14.6. The molecule has 0 spiro atoms. The van der Waals surface area contributed by atoms with E-state index in [2.05, 4.69) is 31.2 Å². The summed E-state index contributed by atoms with van der Waals surface area (Å²) in [5.74, 6) is -0.582. The fraction of sp³-hybridized carbons (Fsp3) is 0.333. The fourth-order valence-corrected chi connectivity index (χ4v) is 4.76. The topological polar surface area (TPSA) is 57.8 Å². The van der Waals surface area contributed by atoms with Gasteiger partial charge in [0.15, 0.2) is 0 Å². The number of carbonyl (C=O) groups is 1. The Morgan fingerprint density at radius 3 is 3.00 bits per heavy atom. The number of H-pyrrole nitrogens is 1. The number of aromatic amines is 1. The van der Waals surface area contributed by atoms with Crippen molar-refractivity contribution in [1.29, 1.82) is 0 Å². The minimum Gasteiger partial charge on any atom is -0.350 e. The third-order valence-electron chi connectivity index (χ3n) is 4.41. The molecule has 2 aromatic heterocycles. The SMILES string of the molecule is O=C(NCCc1nc2c(s1)CCCC2)c1cc2c(F)cc(Br)cc2[nH]1. The van der Waals surface area contributed by atoms with Gasteiger partial charge in [0, 0.05) is 27.7 Å². The summed E-state index contributed by atoms with van der Waals surface area (Å²) in [6.07, 6.45) is 5.41. The highest BCUT2D eigenvalue weighted by molar-refractivity contribution is 9.10. The second kappa shape index (κ2) is 6.88. The molecule has 2 heterocycles.